The van der Waals surface area contributed by atoms with E-state index in [1.165, 1.54) is 0 Å². The van der Waals surface area contributed by atoms with Crippen molar-refractivity contribution in [2.75, 3.05) is 19.7 Å². The molecular weight excluding hydrogens is 384 g/mol. The zero-order chi connectivity index (χ0) is 21.0. The van der Waals surface area contributed by atoms with E-state index in [-0.39, 0.29) is 17.9 Å². The molecular formula is C22H26N4O4. The molecule has 158 valence electrons. The molecule has 3 atom stereocenters. The second kappa shape index (κ2) is 6.84. The molecule has 5 rings (SSSR count). The number of carbonyl (C=O) groups excluding carboxylic acids is 3. The van der Waals surface area contributed by atoms with Crippen molar-refractivity contribution in [3.8, 4) is 0 Å². The maximum absolute atomic E-state index is 13.6. The van der Waals surface area contributed by atoms with E-state index in [4.69, 9.17) is 4.74 Å². The summed E-state index contributed by atoms with van der Waals surface area (Å²) in [6, 6.07) is 6.62. The Morgan fingerprint density at radius 1 is 1.37 bits per heavy atom. The number of nitrogens with zero attached hydrogens (tertiary/aromatic N) is 2. The fraction of sp³-hybridized carbons (Fsp3) is 0.500. The molecule has 0 saturated carbocycles. The number of hydrogen-bond acceptors (Lipinski definition) is 4. The molecule has 8 nitrogen and oxygen atoms in total. The first-order valence-electron chi connectivity index (χ1n) is 10.6. The van der Waals surface area contributed by atoms with E-state index in [2.05, 4.69) is 10.3 Å². The molecule has 0 bridgehead atoms. The molecule has 8 heteroatoms. The average Bonchev–Trinajstić information content (AvgIpc) is 3.44. The number of nitrogens with one attached hydrogen (secondary N) is 2. The van der Waals surface area contributed by atoms with E-state index in [0.717, 1.165) is 39.9 Å². The predicted octanol–water partition coefficient (Wildman–Crippen LogP) is 1.89. The van der Waals surface area contributed by atoms with E-state index in [1.54, 1.807) is 18.7 Å². The van der Waals surface area contributed by atoms with Crippen molar-refractivity contribution in [1.29, 1.82) is 0 Å². The van der Waals surface area contributed by atoms with Crippen molar-refractivity contribution in [2.45, 2.75) is 50.8 Å². The standard InChI is InChI=1S/C22H26N4O4/c1-13(19(27)23-12-14-6-5-11-30-14)26-20(28)22(2)18-16(9-10-25(22)21(26)29)15-7-3-4-8-17(15)24-18/h3-4,7-8,13-14,24H,5-6,9-12H2,1-2H3,(H,23,27)/t13-,14-,22+/m0/s1. The highest BCUT2D eigenvalue weighted by atomic mass is 16.5. The van der Waals surface area contributed by atoms with E-state index >= 15 is 0 Å². The van der Waals surface area contributed by atoms with Crippen molar-refractivity contribution >= 4 is 28.7 Å². The molecule has 2 N–H and O–H groups in total. The Bertz CT molecular complexity index is 1040. The summed E-state index contributed by atoms with van der Waals surface area (Å²) in [5.74, 6) is -0.702. The molecule has 1 aromatic heterocycles. The van der Waals surface area contributed by atoms with Gasteiger partial charge in [0.25, 0.3) is 5.91 Å². The predicted molar refractivity (Wildman–Crippen MR) is 110 cm³/mol. The van der Waals surface area contributed by atoms with Crippen LogP contribution < -0.4 is 5.32 Å². The number of para-hydroxylation sites is 1. The van der Waals surface area contributed by atoms with Gasteiger partial charge in [0.2, 0.25) is 5.91 Å². The van der Waals surface area contributed by atoms with Crippen LogP contribution in [0.25, 0.3) is 10.9 Å². The number of benzene rings is 1. The minimum atomic E-state index is -1.13. The maximum atomic E-state index is 13.6. The van der Waals surface area contributed by atoms with Crippen LogP contribution in [0.5, 0.6) is 0 Å². The van der Waals surface area contributed by atoms with Crippen molar-refractivity contribution in [3.63, 3.8) is 0 Å². The molecule has 2 aromatic rings. The molecule has 0 radical (unpaired) electrons. The van der Waals surface area contributed by atoms with Gasteiger partial charge in [-0.1, -0.05) is 18.2 Å². The van der Waals surface area contributed by atoms with Gasteiger partial charge in [-0.05, 0) is 44.7 Å². The summed E-state index contributed by atoms with van der Waals surface area (Å²) >= 11 is 0. The summed E-state index contributed by atoms with van der Waals surface area (Å²) in [6.07, 6.45) is 2.57. The zero-order valence-corrected chi connectivity index (χ0v) is 17.2. The van der Waals surface area contributed by atoms with Gasteiger partial charge < -0.3 is 19.9 Å². The normalized spacial score (nSPS) is 26.8. The highest BCUT2D eigenvalue weighted by Gasteiger charge is 2.60. The summed E-state index contributed by atoms with van der Waals surface area (Å²) in [6.45, 7) is 4.93. The number of aromatic nitrogens is 1. The van der Waals surface area contributed by atoms with Crippen LogP contribution in [-0.2, 0) is 26.3 Å². The first-order chi connectivity index (χ1) is 14.4. The van der Waals surface area contributed by atoms with Gasteiger partial charge in [-0.25, -0.2) is 9.69 Å². The molecule has 0 unspecified atom stereocenters. The lowest BCUT2D eigenvalue weighted by molar-refractivity contribution is -0.139. The fourth-order valence-corrected chi connectivity index (χ4v) is 5.04. The fourth-order valence-electron chi connectivity index (χ4n) is 5.04. The molecule has 30 heavy (non-hydrogen) atoms. The van der Waals surface area contributed by atoms with Crippen molar-refractivity contribution < 1.29 is 19.1 Å². The second-order valence-electron chi connectivity index (χ2n) is 8.51. The first-order valence-corrected chi connectivity index (χ1v) is 10.6. The maximum Gasteiger partial charge on any atom is 0.328 e. The third kappa shape index (κ3) is 2.59. The minimum absolute atomic E-state index is 0.00360. The van der Waals surface area contributed by atoms with Gasteiger partial charge >= 0.3 is 6.03 Å². The highest BCUT2D eigenvalue weighted by Crippen LogP contribution is 2.44. The van der Waals surface area contributed by atoms with Crippen LogP contribution in [-0.4, -0.2) is 64.5 Å². The molecule has 3 aliphatic heterocycles. The van der Waals surface area contributed by atoms with Crippen LogP contribution in [0.15, 0.2) is 24.3 Å². The number of aromatic amines is 1. The van der Waals surface area contributed by atoms with Crippen LogP contribution in [0.3, 0.4) is 0 Å². The molecule has 3 aliphatic rings. The average molecular weight is 410 g/mol. The summed E-state index contributed by atoms with van der Waals surface area (Å²) in [7, 11) is 0. The van der Waals surface area contributed by atoms with Gasteiger partial charge in [0.1, 0.15) is 6.04 Å². The van der Waals surface area contributed by atoms with E-state index in [9.17, 15) is 14.4 Å². The molecule has 0 spiro atoms. The Balaban J connectivity index is 1.43. The Hall–Kier alpha value is -2.87. The Morgan fingerprint density at radius 3 is 2.93 bits per heavy atom. The Kier molecular flexibility index (Phi) is 4.36. The third-order valence-electron chi connectivity index (χ3n) is 6.79. The van der Waals surface area contributed by atoms with Gasteiger partial charge in [0.15, 0.2) is 5.54 Å². The summed E-state index contributed by atoms with van der Waals surface area (Å²) < 4.78 is 5.54. The number of fused-ring (bicyclic) bond motifs is 5. The van der Waals surface area contributed by atoms with Crippen molar-refractivity contribution in [2.24, 2.45) is 0 Å². The third-order valence-corrected chi connectivity index (χ3v) is 6.79. The van der Waals surface area contributed by atoms with Gasteiger partial charge in [-0.2, -0.15) is 0 Å². The second-order valence-corrected chi connectivity index (χ2v) is 8.51. The van der Waals surface area contributed by atoms with Crippen LogP contribution >= 0.6 is 0 Å². The number of imide groups is 1. The molecule has 1 aromatic carbocycles. The Morgan fingerprint density at radius 2 is 2.17 bits per heavy atom. The summed E-state index contributed by atoms with van der Waals surface area (Å²) in [5.41, 5.74) is 1.64. The molecule has 2 saturated heterocycles. The van der Waals surface area contributed by atoms with Gasteiger partial charge in [-0.15, -0.1) is 0 Å². The number of amides is 4. The number of hydrogen-bond donors (Lipinski definition) is 2. The zero-order valence-electron chi connectivity index (χ0n) is 17.2. The van der Waals surface area contributed by atoms with Gasteiger partial charge in [0, 0.05) is 30.6 Å². The first kappa shape index (κ1) is 19.1. The van der Waals surface area contributed by atoms with Crippen LogP contribution in [0.2, 0.25) is 0 Å². The van der Waals surface area contributed by atoms with Crippen LogP contribution in [0.4, 0.5) is 4.79 Å². The SMILES string of the molecule is C[C@@H](C(=O)NC[C@@H]1CCCO1)N1C(=O)N2CCc3c([nH]c4ccccc34)[C@]2(C)C1=O. The van der Waals surface area contributed by atoms with Gasteiger partial charge in [0.05, 0.1) is 11.8 Å². The Labute approximate surface area is 174 Å². The number of ether oxygens (including phenoxy) is 1. The molecule has 0 aliphatic carbocycles. The largest absolute Gasteiger partial charge is 0.376 e. The molecule has 4 amide bonds. The lowest BCUT2D eigenvalue weighted by Crippen LogP contribution is -2.50. The summed E-state index contributed by atoms with van der Waals surface area (Å²) in [4.78, 5) is 45.6. The van der Waals surface area contributed by atoms with Crippen LogP contribution in [0, 0.1) is 0 Å². The van der Waals surface area contributed by atoms with E-state index in [1.807, 2.05) is 24.3 Å². The minimum Gasteiger partial charge on any atom is -0.376 e. The number of urea groups is 1. The number of carbonyl (C=O) groups is 3. The highest BCUT2D eigenvalue weighted by molar-refractivity contribution is 6.10. The summed E-state index contributed by atoms with van der Waals surface area (Å²) in [5, 5.41) is 3.92. The van der Waals surface area contributed by atoms with Gasteiger partial charge in [-0.3, -0.25) is 9.59 Å². The molecule has 2 fully saturated rings. The number of rotatable bonds is 4. The van der Waals surface area contributed by atoms with Crippen molar-refractivity contribution in [3.05, 3.63) is 35.5 Å². The van der Waals surface area contributed by atoms with E-state index in [0.29, 0.717) is 26.1 Å². The lowest BCUT2D eigenvalue weighted by atomic mass is 9.87. The number of H-pyrrole nitrogens is 1. The van der Waals surface area contributed by atoms with Crippen LogP contribution in [0.1, 0.15) is 37.9 Å². The van der Waals surface area contributed by atoms with Crippen molar-refractivity contribution in [1.82, 2.24) is 20.1 Å². The monoisotopic (exact) mass is 410 g/mol. The quantitative estimate of drug-likeness (QED) is 0.753. The topological polar surface area (TPSA) is 94.7 Å². The molecule has 4 heterocycles. The lowest BCUT2D eigenvalue weighted by Gasteiger charge is -2.36. The van der Waals surface area contributed by atoms with E-state index < -0.39 is 17.6 Å². The smallest absolute Gasteiger partial charge is 0.328 e.